The fraction of sp³-hybridized carbons (Fsp3) is 0. The Kier molecular flexibility index (Phi) is 5.83. The monoisotopic (exact) mass is 655 g/mol. The quantitative estimate of drug-likeness (QED) is 0.188. The molecule has 11 aromatic rings. The number of para-hydroxylation sites is 4. The van der Waals surface area contributed by atoms with Crippen molar-refractivity contribution in [1.82, 2.24) is 24.5 Å². The number of aromatic nitrogens is 5. The minimum atomic E-state index is 0.533. The van der Waals surface area contributed by atoms with Gasteiger partial charge in [0.05, 0.1) is 17.2 Å². The van der Waals surface area contributed by atoms with E-state index in [2.05, 4.69) is 88.4 Å². The van der Waals surface area contributed by atoms with E-state index in [9.17, 15) is 0 Å². The van der Waals surface area contributed by atoms with Crippen LogP contribution in [-0.4, -0.2) is 24.5 Å². The Hall–Kier alpha value is -7.12. The Morgan fingerprint density at radius 3 is 1.90 bits per heavy atom. The zero-order valence-electron chi connectivity index (χ0n) is 27.0. The highest BCUT2D eigenvalue weighted by Crippen LogP contribution is 2.38. The zero-order chi connectivity index (χ0) is 33.5. The molecule has 0 saturated carbocycles. The van der Waals surface area contributed by atoms with Crippen molar-refractivity contribution in [3.05, 3.63) is 152 Å². The average molecular weight is 656 g/mol. The Balaban J connectivity index is 1.14. The van der Waals surface area contributed by atoms with Crippen molar-refractivity contribution in [2.75, 3.05) is 0 Å². The second kappa shape index (κ2) is 10.7. The van der Waals surface area contributed by atoms with Gasteiger partial charge in [0.2, 0.25) is 5.95 Å². The smallest absolute Gasteiger partial charge is 0.238 e. The van der Waals surface area contributed by atoms with Gasteiger partial charge in [0.25, 0.3) is 0 Å². The van der Waals surface area contributed by atoms with Gasteiger partial charge < -0.3 is 8.83 Å². The van der Waals surface area contributed by atoms with Gasteiger partial charge in [-0.2, -0.15) is 9.97 Å². The van der Waals surface area contributed by atoms with Crippen LogP contribution in [0, 0.1) is 0 Å². The first-order valence-corrected chi connectivity index (χ1v) is 16.8. The summed E-state index contributed by atoms with van der Waals surface area (Å²) < 4.78 is 14.8. The molecule has 11 rings (SSSR count). The van der Waals surface area contributed by atoms with Crippen molar-refractivity contribution in [3.63, 3.8) is 0 Å². The molecule has 51 heavy (non-hydrogen) atoms. The van der Waals surface area contributed by atoms with Crippen molar-refractivity contribution in [2.24, 2.45) is 0 Å². The topological polar surface area (TPSA) is 82.8 Å². The molecule has 0 aliphatic heterocycles. The SMILES string of the molecule is c1cc(-c2nc(-c3ccc4c(c3)oc3cnccc34)nc(-n3c4ccccc4c4ccccc43)n2)cc(-c2cccc3c2oc2ccccc23)c1. The third-order valence-corrected chi connectivity index (χ3v) is 9.77. The summed E-state index contributed by atoms with van der Waals surface area (Å²) in [6.45, 7) is 0. The largest absolute Gasteiger partial charge is 0.455 e. The second-order valence-electron chi connectivity index (χ2n) is 12.7. The van der Waals surface area contributed by atoms with Crippen molar-refractivity contribution in [3.8, 4) is 39.9 Å². The highest BCUT2D eigenvalue weighted by atomic mass is 16.3. The lowest BCUT2D eigenvalue weighted by atomic mass is 10.0. The van der Waals surface area contributed by atoms with Gasteiger partial charge in [-0.1, -0.05) is 97.1 Å². The highest BCUT2D eigenvalue weighted by molar-refractivity contribution is 6.10. The molecule has 238 valence electrons. The first-order chi connectivity index (χ1) is 25.3. The lowest BCUT2D eigenvalue weighted by Crippen LogP contribution is -2.06. The number of pyridine rings is 1. The maximum Gasteiger partial charge on any atom is 0.238 e. The molecule has 0 N–H and O–H groups in total. The van der Waals surface area contributed by atoms with Gasteiger partial charge in [0.15, 0.2) is 17.2 Å². The summed E-state index contributed by atoms with van der Waals surface area (Å²) in [6.07, 6.45) is 3.53. The first kappa shape index (κ1) is 27.8. The molecule has 0 atom stereocenters. The molecular formula is C44H25N5O2. The van der Waals surface area contributed by atoms with Gasteiger partial charge in [-0.05, 0) is 48.0 Å². The van der Waals surface area contributed by atoms with Crippen LogP contribution in [0.25, 0.3) is 106 Å². The molecule has 0 aliphatic rings. The Morgan fingerprint density at radius 2 is 1.08 bits per heavy atom. The number of benzene rings is 6. The molecule has 5 aromatic heterocycles. The standard InChI is InChI=1S/C44H25N5O2/c1-4-16-36-30(11-1)31-12-2-5-17-37(31)49(36)44-47-42(46-43(48-44)28-19-20-33-34-21-22-45-25-40(34)50-39(33)24-28)27-10-7-9-26(23-27)29-14-8-15-35-32-13-3-6-18-38(32)51-41(29)35/h1-25H. The molecule has 0 fully saturated rings. The number of fused-ring (bicyclic) bond motifs is 9. The van der Waals surface area contributed by atoms with Crippen molar-refractivity contribution in [2.45, 2.75) is 0 Å². The fourth-order valence-corrected chi connectivity index (χ4v) is 7.43. The molecule has 0 aliphatic carbocycles. The molecule has 7 heteroatoms. The number of hydrogen-bond acceptors (Lipinski definition) is 6. The van der Waals surface area contributed by atoms with E-state index in [1.165, 1.54) is 0 Å². The second-order valence-corrected chi connectivity index (χ2v) is 12.7. The van der Waals surface area contributed by atoms with E-state index in [1.807, 2.05) is 60.7 Å². The van der Waals surface area contributed by atoms with Crippen LogP contribution in [0.5, 0.6) is 0 Å². The lowest BCUT2D eigenvalue weighted by Gasteiger charge is -2.11. The van der Waals surface area contributed by atoms with Crippen LogP contribution < -0.4 is 0 Å². The number of hydrogen-bond donors (Lipinski definition) is 0. The summed E-state index contributed by atoms with van der Waals surface area (Å²) in [5, 5.41) is 6.48. The van der Waals surface area contributed by atoms with Crippen molar-refractivity contribution < 1.29 is 8.83 Å². The summed E-state index contributed by atoms with van der Waals surface area (Å²) in [4.78, 5) is 19.7. The number of furan rings is 2. The maximum absolute atomic E-state index is 6.41. The molecule has 0 amide bonds. The molecule has 0 saturated heterocycles. The van der Waals surface area contributed by atoms with Crippen LogP contribution in [0.15, 0.2) is 161 Å². The predicted molar refractivity (Wildman–Crippen MR) is 203 cm³/mol. The maximum atomic E-state index is 6.41. The number of nitrogens with zero attached hydrogens (tertiary/aromatic N) is 5. The van der Waals surface area contributed by atoms with Crippen LogP contribution in [0.3, 0.4) is 0 Å². The number of rotatable bonds is 4. The van der Waals surface area contributed by atoms with E-state index in [4.69, 9.17) is 23.8 Å². The van der Waals surface area contributed by atoms with Crippen molar-refractivity contribution >= 4 is 65.7 Å². The van der Waals surface area contributed by atoms with Gasteiger partial charge in [-0.15, -0.1) is 0 Å². The molecule has 0 radical (unpaired) electrons. The van der Waals surface area contributed by atoms with Crippen LogP contribution in [0.4, 0.5) is 0 Å². The van der Waals surface area contributed by atoms with E-state index >= 15 is 0 Å². The summed E-state index contributed by atoms with van der Waals surface area (Å²) in [6, 6.07) is 47.6. The van der Waals surface area contributed by atoms with Crippen LogP contribution in [0.1, 0.15) is 0 Å². The lowest BCUT2D eigenvalue weighted by molar-refractivity contribution is 0.667. The summed E-state index contributed by atoms with van der Waals surface area (Å²) >= 11 is 0. The zero-order valence-corrected chi connectivity index (χ0v) is 27.0. The average Bonchev–Trinajstić information content (AvgIpc) is 3.87. The molecule has 5 heterocycles. The van der Waals surface area contributed by atoms with E-state index in [0.29, 0.717) is 17.6 Å². The van der Waals surface area contributed by atoms with E-state index in [-0.39, 0.29) is 0 Å². The Morgan fingerprint density at radius 1 is 0.431 bits per heavy atom. The van der Waals surface area contributed by atoms with Crippen molar-refractivity contribution in [1.29, 1.82) is 0 Å². The molecule has 0 unspecified atom stereocenters. The summed E-state index contributed by atoms with van der Waals surface area (Å²) in [5.41, 5.74) is 8.95. The van der Waals surface area contributed by atoms with Gasteiger partial charge in [-0.25, -0.2) is 4.98 Å². The third-order valence-electron chi connectivity index (χ3n) is 9.77. The van der Waals surface area contributed by atoms with Gasteiger partial charge >= 0.3 is 0 Å². The van der Waals surface area contributed by atoms with Crippen LogP contribution in [-0.2, 0) is 0 Å². The predicted octanol–water partition coefficient (Wildman–Crippen LogP) is 11.2. The third kappa shape index (κ3) is 4.25. The molecule has 0 bridgehead atoms. The molecule has 7 nitrogen and oxygen atoms in total. The van der Waals surface area contributed by atoms with E-state index in [1.54, 1.807) is 12.4 Å². The molecular weight excluding hydrogens is 631 g/mol. The summed E-state index contributed by atoms with van der Waals surface area (Å²) in [5.74, 6) is 1.64. The minimum absolute atomic E-state index is 0.533. The summed E-state index contributed by atoms with van der Waals surface area (Å²) in [7, 11) is 0. The molecule has 6 aromatic carbocycles. The first-order valence-electron chi connectivity index (χ1n) is 16.8. The minimum Gasteiger partial charge on any atom is -0.455 e. The van der Waals surface area contributed by atoms with Crippen LogP contribution >= 0.6 is 0 Å². The highest BCUT2D eigenvalue weighted by Gasteiger charge is 2.19. The van der Waals surface area contributed by atoms with Gasteiger partial charge in [0.1, 0.15) is 16.7 Å². The van der Waals surface area contributed by atoms with E-state index in [0.717, 1.165) is 87.9 Å². The van der Waals surface area contributed by atoms with E-state index < -0.39 is 0 Å². The Labute approximate surface area is 290 Å². The Bertz CT molecular complexity index is 3120. The van der Waals surface area contributed by atoms with Gasteiger partial charge in [0, 0.05) is 55.2 Å². The molecule has 0 spiro atoms. The van der Waals surface area contributed by atoms with Crippen LogP contribution in [0.2, 0.25) is 0 Å². The van der Waals surface area contributed by atoms with Gasteiger partial charge in [-0.3, -0.25) is 9.55 Å². The normalized spacial score (nSPS) is 11.9. The fourth-order valence-electron chi connectivity index (χ4n) is 7.43.